The normalized spacial score (nSPS) is 21.3. The predicted molar refractivity (Wildman–Crippen MR) is 137 cm³/mol. The molecule has 4 heterocycles. The maximum absolute atomic E-state index is 13.2. The van der Waals surface area contributed by atoms with Gasteiger partial charge in [0.1, 0.15) is 6.07 Å². The monoisotopic (exact) mass is 577 g/mol. The summed E-state index contributed by atoms with van der Waals surface area (Å²) in [6, 6.07) is 2.11. The molecule has 0 saturated carbocycles. The molecule has 2 aromatic rings. The van der Waals surface area contributed by atoms with Crippen LogP contribution < -0.4 is 26.6 Å². The molecule has 2 aliphatic heterocycles. The first-order valence-corrected chi connectivity index (χ1v) is 13.0. The number of carbonyl (C=O) groups is 3. The fourth-order valence-electron chi connectivity index (χ4n) is 4.81. The summed E-state index contributed by atoms with van der Waals surface area (Å²) >= 11 is 0. The first kappa shape index (κ1) is 29.7. The summed E-state index contributed by atoms with van der Waals surface area (Å²) in [4.78, 5) is 39.7. The number of amides is 4. The van der Waals surface area contributed by atoms with Crippen LogP contribution in [0.15, 0.2) is 24.7 Å². The zero-order valence-corrected chi connectivity index (χ0v) is 22.1. The van der Waals surface area contributed by atoms with Crippen molar-refractivity contribution in [2.45, 2.75) is 75.6 Å². The summed E-state index contributed by atoms with van der Waals surface area (Å²) in [6.45, 7) is 1.75. The van der Waals surface area contributed by atoms with Crippen molar-refractivity contribution < 1.29 is 32.7 Å². The summed E-state index contributed by atoms with van der Waals surface area (Å²) < 4.78 is 40.8. The zero-order chi connectivity index (χ0) is 29.8. The van der Waals surface area contributed by atoms with E-state index in [1.165, 1.54) is 30.1 Å². The van der Waals surface area contributed by atoms with Gasteiger partial charge in [-0.1, -0.05) is 6.42 Å². The summed E-state index contributed by atoms with van der Waals surface area (Å²) in [5.41, 5.74) is -3.93. The minimum Gasteiger partial charge on any atom is -0.378 e. The molecule has 4 amide bonds. The van der Waals surface area contributed by atoms with Crippen LogP contribution in [-0.4, -0.2) is 68.0 Å². The second kappa shape index (κ2) is 12.1. The van der Waals surface area contributed by atoms with Crippen molar-refractivity contribution in [2.75, 3.05) is 11.9 Å². The SMILES string of the molecule is C[C@](O)(Cn1cc(CNC(=O)CCCC[C@@H]2NCC3NC(=O)NC32)cn1)C(=O)Nc1cnc(C#N)c(C(F)(F)F)c1. The number of hydrogen-bond donors (Lipinski definition) is 6. The lowest BCUT2D eigenvalue weighted by Gasteiger charge is -2.22. The number of urea groups is 1. The number of pyridine rings is 1. The first-order chi connectivity index (χ1) is 19.4. The number of carbonyl (C=O) groups excluding carboxylic acids is 3. The van der Waals surface area contributed by atoms with Gasteiger partial charge in [0.25, 0.3) is 5.91 Å². The van der Waals surface area contributed by atoms with E-state index >= 15 is 0 Å². The largest absolute Gasteiger partial charge is 0.419 e. The van der Waals surface area contributed by atoms with Crippen LogP contribution in [0.2, 0.25) is 0 Å². The van der Waals surface area contributed by atoms with Gasteiger partial charge in [-0.25, -0.2) is 9.78 Å². The van der Waals surface area contributed by atoms with Crippen molar-refractivity contribution in [3.05, 3.63) is 41.5 Å². The number of halogens is 3. The maximum atomic E-state index is 13.2. The molecule has 41 heavy (non-hydrogen) atoms. The Morgan fingerprint density at radius 3 is 2.78 bits per heavy atom. The molecule has 220 valence electrons. The highest BCUT2D eigenvalue weighted by molar-refractivity contribution is 5.96. The van der Waals surface area contributed by atoms with Crippen LogP contribution in [0.1, 0.15) is 49.4 Å². The number of alkyl halides is 3. The molecule has 0 spiro atoms. The van der Waals surface area contributed by atoms with E-state index in [9.17, 15) is 32.7 Å². The molecule has 13 nitrogen and oxygen atoms in total. The number of anilines is 1. The number of aliphatic hydroxyl groups is 1. The van der Waals surface area contributed by atoms with Crippen molar-refractivity contribution in [3.8, 4) is 6.07 Å². The number of nitrogens with one attached hydrogen (secondary N) is 5. The Morgan fingerprint density at radius 1 is 1.27 bits per heavy atom. The van der Waals surface area contributed by atoms with Gasteiger partial charge in [0.2, 0.25) is 5.91 Å². The summed E-state index contributed by atoms with van der Waals surface area (Å²) in [5, 5.41) is 37.7. The number of fused-ring (bicyclic) bond motifs is 1. The number of hydrogen-bond acceptors (Lipinski definition) is 8. The average molecular weight is 578 g/mol. The van der Waals surface area contributed by atoms with Gasteiger partial charge >= 0.3 is 12.2 Å². The van der Waals surface area contributed by atoms with Gasteiger partial charge in [-0.3, -0.25) is 14.3 Å². The van der Waals surface area contributed by atoms with E-state index < -0.39 is 28.9 Å². The molecule has 2 aliphatic rings. The van der Waals surface area contributed by atoms with Crippen LogP contribution >= 0.6 is 0 Å². The van der Waals surface area contributed by atoms with E-state index in [1.807, 2.05) is 0 Å². The van der Waals surface area contributed by atoms with Crippen molar-refractivity contribution in [3.63, 3.8) is 0 Å². The number of rotatable bonds is 11. The van der Waals surface area contributed by atoms with E-state index in [-0.39, 0.29) is 48.8 Å². The van der Waals surface area contributed by atoms with E-state index in [0.717, 1.165) is 25.6 Å². The Labute approximate surface area is 232 Å². The Bertz CT molecular complexity index is 1340. The standard InChI is InChI=1S/C25H30F3N9O4/c1-24(41,22(39)34-15-6-16(25(26,27)28)18(7-29)30-10-15)13-37-12-14(9-33-37)8-32-20(38)5-3-2-4-17-21-19(11-31-17)35-23(40)36-21/h6,9-10,12,17,19,21,31,41H,2-5,8,11,13H2,1H3,(H,32,38)(H,34,39)(H2,35,36,40)/t17-,19?,21?,24-/m0/s1. The van der Waals surface area contributed by atoms with Crippen molar-refractivity contribution in [1.82, 2.24) is 36.0 Å². The van der Waals surface area contributed by atoms with Gasteiger partial charge in [0.15, 0.2) is 11.3 Å². The van der Waals surface area contributed by atoms with E-state index in [2.05, 4.69) is 36.7 Å². The molecular formula is C25H30F3N9O4. The lowest BCUT2D eigenvalue weighted by molar-refractivity contribution is -0.138. The average Bonchev–Trinajstić information content (AvgIpc) is 3.61. The lowest BCUT2D eigenvalue weighted by Crippen LogP contribution is -2.44. The molecular weight excluding hydrogens is 547 g/mol. The van der Waals surface area contributed by atoms with Gasteiger partial charge in [0.05, 0.1) is 42.3 Å². The molecule has 4 rings (SSSR count). The maximum Gasteiger partial charge on any atom is 0.419 e. The molecule has 0 radical (unpaired) electrons. The van der Waals surface area contributed by atoms with Crippen LogP contribution in [0.25, 0.3) is 0 Å². The van der Waals surface area contributed by atoms with Crippen LogP contribution in [0, 0.1) is 11.3 Å². The second-order valence-electron chi connectivity index (χ2n) is 10.3. The quantitative estimate of drug-likeness (QED) is 0.211. The van der Waals surface area contributed by atoms with Crippen molar-refractivity contribution >= 4 is 23.5 Å². The van der Waals surface area contributed by atoms with Crippen molar-refractivity contribution in [1.29, 1.82) is 5.26 Å². The van der Waals surface area contributed by atoms with E-state index in [1.54, 1.807) is 0 Å². The van der Waals surface area contributed by atoms with E-state index in [0.29, 0.717) is 24.5 Å². The molecule has 2 fully saturated rings. The summed E-state index contributed by atoms with van der Waals surface area (Å²) in [6.07, 6.45) is 1.68. The molecule has 6 N–H and O–H groups in total. The minimum atomic E-state index is -4.85. The molecule has 4 atom stereocenters. The molecule has 16 heteroatoms. The third-order valence-corrected chi connectivity index (χ3v) is 6.94. The molecule has 0 aromatic carbocycles. The molecule has 2 unspecified atom stereocenters. The predicted octanol–water partition coefficient (Wildman–Crippen LogP) is 0.757. The molecule has 0 aliphatic carbocycles. The Balaban J connectivity index is 1.20. The Hall–Kier alpha value is -4.23. The molecule has 0 bridgehead atoms. The third kappa shape index (κ3) is 7.50. The Kier molecular flexibility index (Phi) is 8.78. The van der Waals surface area contributed by atoms with Crippen molar-refractivity contribution in [2.24, 2.45) is 0 Å². The fraction of sp³-hybridized carbons (Fsp3) is 0.520. The molecule has 2 saturated heterocycles. The van der Waals surface area contributed by atoms with Gasteiger partial charge < -0.3 is 31.7 Å². The van der Waals surface area contributed by atoms with Crippen LogP contribution in [0.4, 0.5) is 23.7 Å². The zero-order valence-electron chi connectivity index (χ0n) is 22.1. The van der Waals surface area contributed by atoms with Gasteiger partial charge in [-0.2, -0.15) is 23.5 Å². The highest BCUT2D eigenvalue weighted by atomic mass is 19.4. The van der Waals surface area contributed by atoms with Crippen LogP contribution in [0.5, 0.6) is 0 Å². The summed E-state index contributed by atoms with van der Waals surface area (Å²) in [5.74, 6) is -1.15. The van der Waals surface area contributed by atoms with Crippen LogP contribution in [0.3, 0.4) is 0 Å². The highest BCUT2D eigenvalue weighted by Crippen LogP contribution is 2.32. The third-order valence-electron chi connectivity index (χ3n) is 6.94. The number of unbranched alkanes of at least 4 members (excludes halogenated alkanes) is 1. The number of nitrogens with zero attached hydrogens (tertiary/aromatic N) is 4. The molecule has 2 aromatic heterocycles. The Morgan fingerprint density at radius 2 is 2.05 bits per heavy atom. The van der Waals surface area contributed by atoms with Gasteiger partial charge in [-0.15, -0.1) is 0 Å². The van der Waals surface area contributed by atoms with Crippen LogP contribution in [-0.2, 0) is 28.9 Å². The highest BCUT2D eigenvalue weighted by Gasteiger charge is 2.41. The van der Waals surface area contributed by atoms with E-state index in [4.69, 9.17) is 5.26 Å². The van der Waals surface area contributed by atoms with Gasteiger partial charge in [-0.05, 0) is 25.8 Å². The van der Waals surface area contributed by atoms with Gasteiger partial charge in [0, 0.05) is 37.3 Å². The topological polar surface area (TPSA) is 186 Å². The first-order valence-electron chi connectivity index (χ1n) is 13.0. The lowest BCUT2D eigenvalue weighted by atomic mass is 10.0. The number of aromatic nitrogens is 3. The summed E-state index contributed by atoms with van der Waals surface area (Å²) in [7, 11) is 0. The number of nitriles is 1. The second-order valence-corrected chi connectivity index (χ2v) is 10.3. The fourth-order valence-corrected chi connectivity index (χ4v) is 4.81. The smallest absolute Gasteiger partial charge is 0.378 e. The minimum absolute atomic E-state index is 0.0648.